The molecule has 1 aromatic heterocycles. The lowest BCUT2D eigenvalue weighted by atomic mass is 9.96. The number of hydrogen-bond acceptors (Lipinski definition) is 6. The normalized spacial score (nSPS) is 23.1. The molecule has 25 heavy (non-hydrogen) atoms. The summed E-state index contributed by atoms with van der Waals surface area (Å²) in [4.78, 5) is 22.1. The van der Waals surface area contributed by atoms with Gasteiger partial charge in [0.05, 0.1) is 12.8 Å². The van der Waals surface area contributed by atoms with Crippen LogP contribution in [0, 0.1) is 0 Å². The third-order valence-electron chi connectivity index (χ3n) is 5.62. The maximum Gasteiger partial charge on any atom is 0.409 e. The highest BCUT2D eigenvalue weighted by Crippen LogP contribution is 2.30. The second kappa shape index (κ2) is 8.36. The topological polar surface area (TPSA) is 71.7 Å². The molecule has 0 spiro atoms. The average Bonchev–Trinajstić information content (AvgIpc) is 3.22. The third-order valence-corrected chi connectivity index (χ3v) is 6.57. The van der Waals surface area contributed by atoms with Crippen molar-refractivity contribution >= 4 is 22.6 Å². The van der Waals surface area contributed by atoms with Crippen LogP contribution in [0.15, 0.2) is 0 Å². The minimum absolute atomic E-state index is 0.169. The van der Waals surface area contributed by atoms with E-state index in [1.165, 1.54) is 24.1 Å². The molecule has 2 heterocycles. The van der Waals surface area contributed by atoms with Crippen LogP contribution in [0.3, 0.4) is 0 Å². The Labute approximate surface area is 154 Å². The summed E-state index contributed by atoms with van der Waals surface area (Å²) >= 11 is 1.65. The van der Waals surface area contributed by atoms with Gasteiger partial charge in [0.15, 0.2) is 5.13 Å². The number of rotatable bonds is 6. The molecule has 2 N–H and O–H groups in total. The number of nitrogens with zero attached hydrogens (tertiary/aromatic N) is 3. The Morgan fingerprint density at radius 3 is 3.08 bits per heavy atom. The summed E-state index contributed by atoms with van der Waals surface area (Å²) in [5, 5.41) is 0.706. The first-order chi connectivity index (χ1) is 12.1. The number of nitrogens with two attached hydrogens (primary N) is 1. The van der Waals surface area contributed by atoms with Gasteiger partial charge >= 0.3 is 6.09 Å². The fraction of sp³-hybridized carbons (Fsp3) is 0.778. The number of thiazole rings is 1. The van der Waals surface area contributed by atoms with Gasteiger partial charge in [0.25, 0.3) is 0 Å². The minimum atomic E-state index is -0.169. The fourth-order valence-electron chi connectivity index (χ4n) is 4.31. The van der Waals surface area contributed by atoms with Gasteiger partial charge in [-0.1, -0.05) is 6.92 Å². The van der Waals surface area contributed by atoms with E-state index in [1.54, 1.807) is 11.3 Å². The molecule has 140 valence electrons. The van der Waals surface area contributed by atoms with Crippen molar-refractivity contribution in [1.29, 1.82) is 0 Å². The zero-order valence-corrected chi connectivity index (χ0v) is 16.2. The Hall–Kier alpha value is -1.34. The lowest BCUT2D eigenvalue weighted by Gasteiger charge is -2.33. The number of hydrogen-bond donors (Lipinski definition) is 1. The zero-order chi connectivity index (χ0) is 17.8. The van der Waals surface area contributed by atoms with E-state index in [1.807, 2.05) is 4.90 Å². The number of aromatic nitrogens is 1. The monoisotopic (exact) mass is 366 g/mol. The van der Waals surface area contributed by atoms with Crippen molar-refractivity contribution < 1.29 is 9.53 Å². The number of amides is 1. The standard InChI is InChI=1S/C18H30N4O2S/c1-3-21(14-8-9-15-16(12-14)25-17(19)20-15)10-4-6-13-7-5-11-22(13)18(23)24-2/h13-14H,3-12H2,1-2H3,(H2,19,20). The molecule has 7 heteroatoms. The van der Waals surface area contributed by atoms with Crippen molar-refractivity contribution in [3.8, 4) is 0 Å². The van der Waals surface area contributed by atoms with E-state index in [-0.39, 0.29) is 6.09 Å². The molecule has 1 amide bonds. The third kappa shape index (κ3) is 4.26. The Bertz CT molecular complexity index is 592. The lowest BCUT2D eigenvalue weighted by Crippen LogP contribution is -2.40. The molecular weight excluding hydrogens is 336 g/mol. The highest BCUT2D eigenvalue weighted by atomic mass is 32.1. The van der Waals surface area contributed by atoms with Crippen LogP contribution in [0.4, 0.5) is 9.93 Å². The molecule has 0 saturated carbocycles. The molecule has 2 aliphatic rings. The summed E-state index contributed by atoms with van der Waals surface area (Å²) in [5.74, 6) is 0. The Morgan fingerprint density at radius 2 is 2.32 bits per heavy atom. The van der Waals surface area contributed by atoms with Gasteiger partial charge in [0, 0.05) is 23.5 Å². The summed E-state index contributed by atoms with van der Waals surface area (Å²) < 4.78 is 4.91. The number of carbonyl (C=O) groups is 1. The van der Waals surface area contributed by atoms with Gasteiger partial charge in [-0.3, -0.25) is 0 Å². The summed E-state index contributed by atoms with van der Waals surface area (Å²) in [6.07, 6.45) is 7.51. The minimum Gasteiger partial charge on any atom is -0.453 e. The number of aryl methyl sites for hydroxylation is 1. The second-order valence-electron chi connectivity index (χ2n) is 7.05. The van der Waals surface area contributed by atoms with Crippen molar-refractivity contribution in [1.82, 2.24) is 14.8 Å². The lowest BCUT2D eigenvalue weighted by molar-refractivity contribution is 0.114. The number of likely N-dealkylation sites (N-methyl/N-ethyl adjacent to an activating group) is 1. The number of methoxy groups -OCH3 is 1. The van der Waals surface area contributed by atoms with Crippen LogP contribution in [0.25, 0.3) is 0 Å². The number of carbonyl (C=O) groups excluding carboxylic acids is 1. The number of fused-ring (bicyclic) bond motifs is 1. The van der Waals surface area contributed by atoms with Crippen molar-refractivity contribution in [2.24, 2.45) is 0 Å². The maximum absolute atomic E-state index is 11.8. The Kier molecular flexibility index (Phi) is 6.17. The highest BCUT2D eigenvalue weighted by molar-refractivity contribution is 7.15. The maximum atomic E-state index is 11.8. The van der Waals surface area contributed by atoms with Crippen LogP contribution in [0.5, 0.6) is 0 Å². The van der Waals surface area contributed by atoms with Crippen LogP contribution in [0.2, 0.25) is 0 Å². The highest BCUT2D eigenvalue weighted by Gasteiger charge is 2.30. The van der Waals surface area contributed by atoms with E-state index in [2.05, 4.69) is 16.8 Å². The quantitative estimate of drug-likeness (QED) is 0.838. The molecule has 2 atom stereocenters. The predicted octanol–water partition coefficient (Wildman–Crippen LogP) is 2.92. The molecule has 1 saturated heterocycles. The molecule has 2 unspecified atom stereocenters. The molecule has 6 nitrogen and oxygen atoms in total. The van der Waals surface area contributed by atoms with Gasteiger partial charge in [-0.05, 0) is 58.0 Å². The summed E-state index contributed by atoms with van der Waals surface area (Å²) in [6, 6.07) is 0.947. The molecular formula is C18H30N4O2S. The van der Waals surface area contributed by atoms with E-state index in [0.29, 0.717) is 17.2 Å². The fourth-order valence-corrected chi connectivity index (χ4v) is 5.26. The predicted molar refractivity (Wildman–Crippen MR) is 101 cm³/mol. The van der Waals surface area contributed by atoms with Crippen LogP contribution in [0.1, 0.15) is 49.6 Å². The van der Waals surface area contributed by atoms with Gasteiger partial charge in [0.2, 0.25) is 0 Å². The van der Waals surface area contributed by atoms with Crippen LogP contribution in [-0.2, 0) is 17.6 Å². The first-order valence-corrected chi connectivity index (χ1v) is 10.3. The summed E-state index contributed by atoms with van der Waals surface area (Å²) in [6.45, 7) is 5.25. The number of ether oxygens (including phenoxy) is 1. The number of anilines is 1. The second-order valence-corrected chi connectivity index (χ2v) is 8.16. The smallest absolute Gasteiger partial charge is 0.409 e. The van der Waals surface area contributed by atoms with Gasteiger partial charge in [-0.2, -0.15) is 0 Å². The summed E-state index contributed by atoms with van der Waals surface area (Å²) in [5.41, 5.74) is 7.08. The van der Waals surface area contributed by atoms with Gasteiger partial charge in [-0.25, -0.2) is 9.78 Å². The van der Waals surface area contributed by atoms with Gasteiger partial charge < -0.3 is 20.3 Å². The largest absolute Gasteiger partial charge is 0.453 e. The van der Waals surface area contributed by atoms with Crippen LogP contribution < -0.4 is 5.73 Å². The summed E-state index contributed by atoms with van der Waals surface area (Å²) in [7, 11) is 1.47. The van der Waals surface area contributed by atoms with Crippen molar-refractivity contribution in [2.75, 3.05) is 32.5 Å². The number of likely N-dealkylation sites (tertiary alicyclic amines) is 1. The Balaban J connectivity index is 1.49. The molecule has 0 radical (unpaired) electrons. The molecule has 1 aromatic rings. The van der Waals surface area contributed by atoms with Gasteiger partial charge in [0.1, 0.15) is 0 Å². The molecule has 1 aliphatic carbocycles. The molecule has 1 aliphatic heterocycles. The van der Waals surface area contributed by atoms with E-state index < -0.39 is 0 Å². The van der Waals surface area contributed by atoms with Crippen molar-refractivity contribution in [3.05, 3.63) is 10.6 Å². The van der Waals surface area contributed by atoms with Gasteiger partial charge in [-0.15, -0.1) is 11.3 Å². The number of nitrogen functional groups attached to an aromatic ring is 1. The van der Waals surface area contributed by atoms with Crippen LogP contribution >= 0.6 is 11.3 Å². The first-order valence-electron chi connectivity index (χ1n) is 9.45. The van der Waals surface area contributed by atoms with E-state index in [9.17, 15) is 4.79 Å². The first kappa shape index (κ1) is 18.5. The molecule has 0 aromatic carbocycles. The van der Waals surface area contributed by atoms with Crippen molar-refractivity contribution in [3.63, 3.8) is 0 Å². The molecule has 1 fully saturated rings. The van der Waals surface area contributed by atoms with Crippen molar-refractivity contribution in [2.45, 2.75) is 64.0 Å². The SMILES string of the molecule is CCN(CCCC1CCCN1C(=O)OC)C1CCc2nc(N)sc2C1. The van der Waals surface area contributed by atoms with E-state index in [4.69, 9.17) is 10.5 Å². The van der Waals surface area contributed by atoms with Crippen LogP contribution in [-0.4, -0.2) is 59.7 Å². The molecule has 0 bridgehead atoms. The molecule has 3 rings (SSSR count). The van der Waals surface area contributed by atoms with E-state index in [0.717, 1.165) is 58.2 Å². The average molecular weight is 367 g/mol. The zero-order valence-electron chi connectivity index (χ0n) is 15.4. The van der Waals surface area contributed by atoms with E-state index >= 15 is 0 Å². The Morgan fingerprint density at radius 1 is 1.48 bits per heavy atom.